The molecule has 0 aromatic heterocycles. The Labute approximate surface area is 185 Å². The molecule has 0 fully saturated rings. The minimum absolute atomic E-state index is 0.0497. The van der Waals surface area contributed by atoms with Gasteiger partial charge in [0, 0.05) is 32.3 Å². The first-order chi connectivity index (χ1) is 12.9. The summed E-state index contributed by atoms with van der Waals surface area (Å²) in [7, 11) is 0. The van der Waals surface area contributed by atoms with Crippen molar-refractivity contribution in [3.05, 3.63) is 0 Å². The zero-order valence-corrected chi connectivity index (χ0v) is 21.6. The molecule has 0 spiro atoms. The van der Waals surface area contributed by atoms with Gasteiger partial charge in [0.2, 0.25) is 5.91 Å². The summed E-state index contributed by atoms with van der Waals surface area (Å²) in [5.74, 6) is 0.476. The van der Waals surface area contributed by atoms with Gasteiger partial charge in [0.1, 0.15) is 0 Å². The van der Waals surface area contributed by atoms with Crippen LogP contribution in [0.5, 0.6) is 0 Å². The summed E-state index contributed by atoms with van der Waals surface area (Å²) < 4.78 is 4.45. The van der Waals surface area contributed by atoms with E-state index in [4.69, 9.17) is 0 Å². The van der Waals surface area contributed by atoms with Gasteiger partial charge in [0.25, 0.3) is 0 Å². The quantitative estimate of drug-likeness (QED) is 0.256. The van der Waals surface area contributed by atoms with Gasteiger partial charge < -0.3 is 9.50 Å². The van der Waals surface area contributed by atoms with E-state index in [9.17, 15) is 9.59 Å². The average Bonchev–Trinajstić information content (AvgIpc) is 2.46. The predicted octanol–water partition coefficient (Wildman–Crippen LogP) is 6.59. The van der Waals surface area contributed by atoms with Crippen LogP contribution in [0.25, 0.3) is 0 Å². The Balaban J connectivity index is 4.65. The van der Waals surface area contributed by atoms with Crippen molar-refractivity contribution in [3.63, 3.8) is 0 Å². The van der Waals surface area contributed by atoms with Crippen molar-refractivity contribution in [2.75, 3.05) is 6.54 Å². The lowest BCUT2D eigenvalue weighted by molar-refractivity contribution is -0.133. The number of hydrogen-bond acceptors (Lipinski definition) is 4. The number of hydrogen-bond donors (Lipinski definition) is 2. The SMILES string of the molecule is CC(C)CC(C)(C)CC(C)(C)CNC(=O)CC(C)(C)CC(C)(C)CCC(=O)OS. The lowest BCUT2D eigenvalue weighted by Gasteiger charge is -2.37. The van der Waals surface area contributed by atoms with Crippen LogP contribution < -0.4 is 5.32 Å². The molecule has 5 heteroatoms. The zero-order chi connectivity index (χ0) is 23.1. The molecule has 0 aromatic rings. The van der Waals surface area contributed by atoms with Crippen LogP contribution in [0.2, 0.25) is 0 Å². The molecule has 0 rings (SSSR count). The molecule has 0 heterocycles. The maximum atomic E-state index is 12.7. The van der Waals surface area contributed by atoms with E-state index in [0.717, 1.165) is 19.3 Å². The summed E-state index contributed by atoms with van der Waals surface area (Å²) >= 11 is 3.56. The molecular weight excluding hydrogens is 382 g/mol. The maximum absolute atomic E-state index is 12.7. The molecule has 0 radical (unpaired) electrons. The summed E-state index contributed by atoms with van der Waals surface area (Å²) in [4.78, 5) is 24.0. The minimum Gasteiger partial charge on any atom is -0.395 e. The van der Waals surface area contributed by atoms with Gasteiger partial charge in [-0.25, -0.2) is 0 Å². The summed E-state index contributed by atoms with van der Waals surface area (Å²) in [6.07, 6.45) is 4.68. The largest absolute Gasteiger partial charge is 0.395 e. The van der Waals surface area contributed by atoms with Crippen molar-refractivity contribution in [2.45, 2.75) is 108 Å². The van der Waals surface area contributed by atoms with Gasteiger partial charge in [-0.3, -0.25) is 9.59 Å². The van der Waals surface area contributed by atoms with E-state index < -0.39 is 0 Å². The Morgan fingerprint density at radius 2 is 1.38 bits per heavy atom. The third-order valence-corrected chi connectivity index (χ3v) is 5.59. The van der Waals surface area contributed by atoms with E-state index in [-0.39, 0.29) is 33.5 Å². The van der Waals surface area contributed by atoms with Gasteiger partial charge in [-0.2, -0.15) is 0 Å². The van der Waals surface area contributed by atoms with Gasteiger partial charge in [0.05, 0.1) is 0 Å². The second-order valence-electron chi connectivity index (χ2n) is 12.5. The van der Waals surface area contributed by atoms with Crippen molar-refractivity contribution in [3.8, 4) is 0 Å². The fourth-order valence-corrected chi connectivity index (χ4v) is 5.39. The molecule has 0 unspecified atom stereocenters. The van der Waals surface area contributed by atoms with Crippen LogP contribution in [-0.4, -0.2) is 18.4 Å². The molecule has 1 amide bonds. The molecule has 0 aromatic carbocycles. The van der Waals surface area contributed by atoms with Crippen LogP contribution in [0.15, 0.2) is 0 Å². The Hall–Kier alpha value is -0.710. The number of amides is 1. The topological polar surface area (TPSA) is 55.4 Å². The zero-order valence-electron chi connectivity index (χ0n) is 20.7. The lowest BCUT2D eigenvalue weighted by atomic mass is 9.70. The third-order valence-electron chi connectivity index (χ3n) is 5.39. The van der Waals surface area contributed by atoms with Crippen molar-refractivity contribution in [1.29, 1.82) is 0 Å². The van der Waals surface area contributed by atoms with Crippen LogP contribution in [0.4, 0.5) is 0 Å². The molecule has 0 aliphatic carbocycles. The Morgan fingerprint density at radius 1 is 0.862 bits per heavy atom. The fourth-order valence-electron chi connectivity index (χ4n) is 5.30. The average molecular weight is 430 g/mol. The normalized spacial score (nSPS) is 13.5. The Morgan fingerprint density at radius 3 is 1.86 bits per heavy atom. The predicted molar refractivity (Wildman–Crippen MR) is 126 cm³/mol. The maximum Gasteiger partial charge on any atom is 0.317 e. The molecule has 0 aliphatic heterocycles. The van der Waals surface area contributed by atoms with E-state index in [1.165, 1.54) is 6.42 Å². The molecule has 29 heavy (non-hydrogen) atoms. The first kappa shape index (κ1) is 28.3. The molecule has 1 N–H and O–H groups in total. The molecule has 0 saturated carbocycles. The van der Waals surface area contributed by atoms with E-state index >= 15 is 0 Å². The molecule has 0 aliphatic rings. The highest BCUT2D eigenvalue weighted by Crippen LogP contribution is 2.40. The third kappa shape index (κ3) is 14.0. The van der Waals surface area contributed by atoms with Crippen LogP contribution in [0.3, 0.4) is 0 Å². The van der Waals surface area contributed by atoms with Crippen molar-refractivity contribution >= 4 is 24.8 Å². The van der Waals surface area contributed by atoms with E-state index in [1.807, 2.05) is 0 Å². The second-order valence-corrected chi connectivity index (χ2v) is 12.7. The van der Waals surface area contributed by atoms with E-state index in [0.29, 0.717) is 25.3 Å². The van der Waals surface area contributed by atoms with Crippen molar-refractivity contribution in [1.82, 2.24) is 5.32 Å². The monoisotopic (exact) mass is 429 g/mol. The highest BCUT2D eigenvalue weighted by molar-refractivity contribution is 7.75. The highest BCUT2D eigenvalue weighted by Gasteiger charge is 2.33. The summed E-state index contributed by atoms with van der Waals surface area (Å²) in [6, 6.07) is 0. The molecule has 0 saturated heterocycles. The highest BCUT2D eigenvalue weighted by atomic mass is 32.1. The van der Waals surface area contributed by atoms with Gasteiger partial charge >= 0.3 is 5.97 Å². The minimum atomic E-state index is -0.306. The molecule has 0 atom stereocenters. The summed E-state index contributed by atoms with van der Waals surface area (Å²) in [6.45, 7) is 22.9. The van der Waals surface area contributed by atoms with Gasteiger partial charge in [-0.05, 0) is 53.3 Å². The second kappa shape index (κ2) is 11.1. The smallest absolute Gasteiger partial charge is 0.317 e. The van der Waals surface area contributed by atoms with Crippen molar-refractivity contribution in [2.24, 2.45) is 27.6 Å². The molecular formula is C24H47NO3S. The molecule has 172 valence electrons. The van der Waals surface area contributed by atoms with Crippen LogP contribution in [0.1, 0.15) is 108 Å². The van der Waals surface area contributed by atoms with Crippen LogP contribution in [-0.2, 0) is 13.8 Å². The summed E-state index contributed by atoms with van der Waals surface area (Å²) in [5, 5.41) is 3.18. The number of thiol groups is 1. The number of carbonyl (C=O) groups is 2. The van der Waals surface area contributed by atoms with E-state index in [2.05, 4.69) is 91.6 Å². The van der Waals surface area contributed by atoms with E-state index in [1.54, 1.807) is 0 Å². The lowest BCUT2D eigenvalue weighted by Crippen LogP contribution is -2.39. The summed E-state index contributed by atoms with van der Waals surface area (Å²) in [5.41, 5.74) is 0.135. The first-order valence-corrected chi connectivity index (χ1v) is 11.4. The number of rotatable bonds is 13. The molecule has 0 bridgehead atoms. The standard InChI is InChI=1S/C24H47NO3S/c1-18(2)13-22(5,6)16-24(9,10)17-25-19(26)14-23(7,8)15-21(3,4)12-11-20(27)28-29/h18,29H,11-17H2,1-10H3,(H,25,26). The van der Waals surface area contributed by atoms with Crippen molar-refractivity contribution < 1.29 is 13.8 Å². The Bertz CT molecular complexity index is 536. The number of carbonyl (C=O) groups excluding carboxylic acids is 2. The van der Waals surface area contributed by atoms with Gasteiger partial charge in [-0.15, -0.1) is 0 Å². The van der Waals surface area contributed by atoms with Crippen LogP contribution in [0, 0.1) is 27.6 Å². The van der Waals surface area contributed by atoms with Gasteiger partial charge in [-0.1, -0.05) is 69.2 Å². The Kier molecular flexibility index (Phi) is 10.8. The fraction of sp³-hybridized carbons (Fsp3) is 0.917. The number of nitrogens with one attached hydrogen (secondary N) is 1. The van der Waals surface area contributed by atoms with Crippen LogP contribution >= 0.6 is 12.9 Å². The molecule has 4 nitrogen and oxygen atoms in total. The van der Waals surface area contributed by atoms with Gasteiger partial charge in [0.15, 0.2) is 0 Å². The first-order valence-electron chi connectivity index (χ1n) is 11.0.